The van der Waals surface area contributed by atoms with Crippen molar-refractivity contribution in [3.63, 3.8) is 0 Å². The Morgan fingerprint density at radius 1 is 0.896 bits per heavy atom. The molecule has 0 spiro atoms. The third-order valence-corrected chi connectivity index (χ3v) is 10.1. The number of amides is 3. The molecule has 254 valence electrons. The van der Waals surface area contributed by atoms with Crippen LogP contribution in [0, 0.1) is 11.8 Å². The van der Waals surface area contributed by atoms with E-state index in [-0.39, 0.29) is 41.0 Å². The van der Waals surface area contributed by atoms with Gasteiger partial charge in [-0.2, -0.15) is 0 Å². The number of nitrogens with one attached hydrogen (secondary N) is 1. The highest BCUT2D eigenvalue weighted by Gasteiger charge is 2.36. The van der Waals surface area contributed by atoms with E-state index in [0.29, 0.717) is 74.1 Å². The number of methoxy groups -OCH3 is 2. The summed E-state index contributed by atoms with van der Waals surface area (Å²) in [6.45, 7) is 8.20. The molecule has 2 saturated heterocycles. The Morgan fingerprint density at radius 3 is 2.35 bits per heavy atom. The first-order chi connectivity index (χ1) is 23.2. The van der Waals surface area contributed by atoms with Gasteiger partial charge in [0.1, 0.15) is 11.5 Å². The van der Waals surface area contributed by atoms with Crippen molar-refractivity contribution >= 4 is 29.1 Å². The number of fused-ring (bicyclic) bond motifs is 4. The molecule has 3 aromatic rings. The Bertz CT molecular complexity index is 1730. The summed E-state index contributed by atoms with van der Waals surface area (Å²) in [5, 5.41) is 3.10. The predicted molar refractivity (Wildman–Crippen MR) is 184 cm³/mol. The molecule has 11 heteroatoms. The number of pyridine rings is 1. The topological polar surface area (TPSA) is 113 Å². The smallest absolute Gasteiger partial charge is 0.255 e. The van der Waals surface area contributed by atoms with Crippen LogP contribution < -0.4 is 25.2 Å². The van der Waals surface area contributed by atoms with Crippen molar-refractivity contribution in [1.82, 2.24) is 14.4 Å². The number of hydrogen-bond acceptors (Lipinski definition) is 7. The van der Waals surface area contributed by atoms with Crippen LogP contribution in [-0.4, -0.2) is 85.6 Å². The van der Waals surface area contributed by atoms with E-state index < -0.39 is 0 Å². The highest BCUT2D eigenvalue weighted by atomic mass is 16.5. The molecule has 6 rings (SSSR count). The SMILES string of the molecule is CCN(CC)C(=O)[C@@H]1CCCN(C(=O)c2ccc(N3C[C@H]4C[C@@H](C3)c3cccc(=O)n3C4)c(NC(=O)c3cc(OC)cc(OC)c3)c2)C1. The van der Waals surface area contributed by atoms with E-state index in [4.69, 9.17) is 9.47 Å². The van der Waals surface area contributed by atoms with E-state index in [1.807, 2.05) is 47.6 Å². The van der Waals surface area contributed by atoms with Crippen molar-refractivity contribution in [2.45, 2.75) is 45.6 Å². The van der Waals surface area contributed by atoms with E-state index in [0.717, 1.165) is 30.6 Å². The summed E-state index contributed by atoms with van der Waals surface area (Å²) in [4.78, 5) is 59.4. The molecular weight excluding hydrogens is 610 g/mol. The number of likely N-dealkylation sites (tertiary alicyclic amines) is 1. The van der Waals surface area contributed by atoms with Crippen LogP contribution in [0.25, 0.3) is 0 Å². The Kier molecular flexibility index (Phi) is 9.75. The lowest BCUT2D eigenvalue weighted by atomic mass is 9.83. The van der Waals surface area contributed by atoms with Crippen molar-refractivity contribution in [3.8, 4) is 11.5 Å². The van der Waals surface area contributed by atoms with Crippen LogP contribution in [0.15, 0.2) is 59.4 Å². The average molecular weight is 656 g/mol. The minimum absolute atomic E-state index is 0.0268. The van der Waals surface area contributed by atoms with Crippen molar-refractivity contribution in [3.05, 3.63) is 81.8 Å². The lowest BCUT2D eigenvalue weighted by Gasteiger charge is -2.44. The minimum atomic E-state index is -0.366. The molecule has 4 heterocycles. The monoisotopic (exact) mass is 655 g/mol. The number of benzene rings is 2. The highest BCUT2D eigenvalue weighted by molar-refractivity contribution is 6.07. The molecule has 3 atom stereocenters. The largest absolute Gasteiger partial charge is 0.497 e. The van der Waals surface area contributed by atoms with E-state index in [1.54, 1.807) is 35.2 Å². The normalized spacial score (nSPS) is 20.0. The summed E-state index contributed by atoms with van der Waals surface area (Å²) >= 11 is 0. The van der Waals surface area contributed by atoms with E-state index >= 15 is 0 Å². The van der Waals surface area contributed by atoms with Crippen LogP contribution in [0.3, 0.4) is 0 Å². The van der Waals surface area contributed by atoms with Gasteiger partial charge in [0.05, 0.1) is 31.5 Å². The number of carbonyl (C=O) groups is 3. The van der Waals surface area contributed by atoms with Crippen LogP contribution in [0.1, 0.15) is 65.4 Å². The number of piperidine rings is 2. The predicted octanol–water partition coefficient (Wildman–Crippen LogP) is 4.46. The van der Waals surface area contributed by atoms with Crippen LogP contribution in [-0.2, 0) is 11.3 Å². The number of ether oxygens (including phenoxy) is 2. The van der Waals surface area contributed by atoms with Gasteiger partial charge in [0.25, 0.3) is 17.4 Å². The molecule has 1 aromatic heterocycles. The quantitative estimate of drug-likeness (QED) is 0.362. The molecule has 3 amide bonds. The number of hydrogen-bond donors (Lipinski definition) is 1. The zero-order valence-electron chi connectivity index (χ0n) is 28.2. The first kappa shape index (κ1) is 33.1. The first-order valence-corrected chi connectivity index (χ1v) is 16.9. The van der Waals surface area contributed by atoms with E-state index in [9.17, 15) is 19.2 Å². The van der Waals surface area contributed by atoms with Crippen molar-refractivity contribution < 1.29 is 23.9 Å². The summed E-state index contributed by atoms with van der Waals surface area (Å²) in [6, 6.07) is 16.0. The van der Waals surface area contributed by atoms with Crippen molar-refractivity contribution in [2.24, 2.45) is 11.8 Å². The summed E-state index contributed by atoms with van der Waals surface area (Å²) < 4.78 is 12.7. The van der Waals surface area contributed by atoms with Crippen LogP contribution in [0.2, 0.25) is 0 Å². The number of carbonyl (C=O) groups excluding carboxylic acids is 3. The number of aromatic nitrogens is 1. The molecular formula is C37H45N5O6. The summed E-state index contributed by atoms with van der Waals surface area (Å²) in [6.07, 6.45) is 2.50. The summed E-state index contributed by atoms with van der Waals surface area (Å²) in [7, 11) is 3.06. The lowest BCUT2D eigenvalue weighted by molar-refractivity contribution is -0.136. The van der Waals surface area contributed by atoms with Crippen LogP contribution in [0.5, 0.6) is 11.5 Å². The van der Waals surface area contributed by atoms with Gasteiger partial charge in [-0.15, -0.1) is 0 Å². The Labute approximate surface area is 281 Å². The molecule has 2 fully saturated rings. The second kappa shape index (κ2) is 14.1. The Morgan fingerprint density at radius 2 is 1.65 bits per heavy atom. The third kappa shape index (κ3) is 6.63. The zero-order valence-corrected chi connectivity index (χ0v) is 28.2. The van der Waals surface area contributed by atoms with Crippen molar-refractivity contribution in [2.75, 3.05) is 63.7 Å². The molecule has 48 heavy (non-hydrogen) atoms. The lowest BCUT2D eigenvalue weighted by Crippen LogP contribution is -2.47. The Hall–Kier alpha value is -4.80. The molecule has 0 saturated carbocycles. The highest BCUT2D eigenvalue weighted by Crippen LogP contribution is 2.40. The molecule has 3 aliphatic heterocycles. The van der Waals surface area contributed by atoms with Gasteiger partial charge < -0.3 is 34.1 Å². The van der Waals surface area contributed by atoms with Gasteiger partial charge in [-0.3, -0.25) is 19.2 Å². The molecule has 11 nitrogen and oxygen atoms in total. The zero-order chi connectivity index (χ0) is 33.9. The van der Waals surface area contributed by atoms with Gasteiger partial charge in [-0.1, -0.05) is 6.07 Å². The first-order valence-electron chi connectivity index (χ1n) is 16.9. The fraction of sp³-hybridized carbons (Fsp3) is 0.459. The van der Waals surface area contributed by atoms with Gasteiger partial charge >= 0.3 is 0 Å². The molecule has 3 aliphatic rings. The maximum absolute atomic E-state index is 14.0. The molecule has 0 unspecified atom stereocenters. The van der Waals surface area contributed by atoms with Gasteiger partial charge in [0.2, 0.25) is 5.91 Å². The number of rotatable bonds is 9. The molecule has 0 radical (unpaired) electrons. The van der Waals surface area contributed by atoms with Gasteiger partial charge in [0.15, 0.2) is 0 Å². The van der Waals surface area contributed by atoms with E-state index in [1.165, 1.54) is 14.2 Å². The molecule has 2 aromatic carbocycles. The second-order valence-electron chi connectivity index (χ2n) is 13.0. The van der Waals surface area contributed by atoms with E-state index in [2.05, 4.69) is 10.2 Å². The maximum Gasteiger partial charge on any atom is 0.255 e. The standard InChI is InChI=1S/C37H45N5O6/c1-5-39(6-2)37(46)26-9-8-14-40(22-26)36(45)25-12-13-33(31(18-25)38-35(44)27-16-29(47-3)19-30(17-27)48-4)41-20-24-15-28(23-41)32-10-7-11-34(43)42(32)21-24/h7,10-13,16-19,24,26,28H,5-6,8-9,14-15,20-23H2,1-4H3,(H,38,44)/t24-,26-,28+/m1/s1. The maximum atomic E-state index is 14.0. The number of nitrogens with zero attached hydrogens (tertiary/aromatic N) is 4. The van der Waals surface area contributed by atoms with Gasteiger partial charge in [-0.25, -0.2) is 0 Å². The van der Waals surface area contributed by atoms with Gasteiger partial charge in [0, 0.05) is 80.7 Å². The van der Waals surface area contributed by atoms with Gasteiger partial charge in [-0.05, 0) is 75.4 Å². The summed E-state index contributed by atoms with van der Waals surface area (Å²) in [5.74, 6) is 0.725. The Balaban J connectivity index is 1.32. The fourth-order valence-electron chi connectivity index (χ4n) is 7.61. The average Bonchev–Trinajstić information content (AvgIpc) is 3.11. The fourth-order valence-corrected chi connectivity index (χ4v) is 7.61. The molecule has 0 aliphatic carbocycles. The second-order valence-corrected chi connectivity index (χ2v) is 13.0. The third-order valence-electron chi connectivity index (χ3n) is 10.1. The van der Waals surface area contributed by atoms with Crippen LogP contribution >= 0.6 is 0 Å². The number of anilines is 2. The van der Waals surface area contributed by atoms with Crippen molar-refractivity contribution in [1.29, 1.82) is 0 Å². The van der Waals surface area contributed by atoms with Crippen LogP contribution in [0.4, 0.5) is 11.4 Å². The molecule has 1 N–H and O–H groups in total. The molecule has 2 bridgehead atoms. The minimum Gasteiger partial charge on any atom is -0.497 e. The summed E-state index contributed by atoms with van der Waals surface area (Å²) in [5.41, 5.74) is 3.19.